The number of fused-ring (bicyclic) bond motifs is 2. The molecule has 4 amide bonds. The molecule has 54 heavy (non-hydrogen) atoms. The third kappa shape index (κ3) is 5.75. The SMILES string of the molecule is CCCCCCC(CCCCCC)N1C(=O)c2ccc3c4ccc5c6c(ccc(c7ccc(c2c37)C1=O)c64)C(=O)N(Cc1ccc(CN=[N+]=[N-])cc1)C5=O. The molecule has 0 atom stereocenters. The maximum atomic E-state index is 14.4. The third-order valence-electron chi connectivity index (χ3n) is 11.6. The molecule has 0 bridgehead atoms. The summed E-state index contributed by atoms with van der Waals surface area (Å²) < 4.78 is 0. The van der Waals surface area contributed by atoms with E-state index in [9.17, 15) is 19.2 Å². The Kier molecular flexibility index (Phi) is 9.50. The van der Waals surface area contributed by atoms with Gasteiger partial charge in [0, 0.05) is 44.0 Å². The Hall–Kier alpha value is -5.79. The maximum Gasteiger partial charge on any atom is 0.261 e. The fourth-order valence-electron chi connectivity index (χ4n) is 8.87. The number of nitrogens with zero attached hydrogens (tertiary/aromatic N) is 5. The summed E-state index contributed by atoms with van der Waals surface area (Å²) in [4.78, 5) is 62.6. The molecule has 2 aliphatic heterocycles. The molecule has 0 fully saturated rings. The molecule has 9 nitrogen and oxygen atoms in total. The van der Waals surface area contributed by atoms with Gasteiger partial charge in [-0.3, -0.25) is 29.0 Å². The van der Waals surface area contributed by atoms with Gasteiger partial charge in [-0.1, -0.05) is 119 Å². The molecule has 0 spiro atoms. The average molecular weight is 718 g/mol. The Morgan fingerprint density at radius 3 is 1.39 bits per heavy atom. The maximum absolute atomic E-state index is 14.4. The molecule has 0 saturated heterocycles. The number of rotatable bonds is 15. The molecule has 0 aromatic heterocycles. The highest BCUT2D eigenvalue weighted by Gasteiger charge is 2.39. The van der Waals surface area contributed by atoms with Crippen molar-refractivity contribution in [1.29, 1.82) is 0 Å². The second kappa shape index (κ2) is 14.6. The van der Waals surface area contributed by atoms with E-state index in [0.717, 1.165) is 108 Å². The summed E-state index contributed by atoms with van der Waals surface area (Å²) >= 11 is 0. The zero-order valence-corrected chi connectivity index (χ0v) is 30.9. The van der Waals surface area contributed by atoms with Gasteiger partial charge in [-0.2, -0.15) is 0 Å². The van der Waals surface area contributed by atoms with E-state index in [4.69, 9.17) is 5.53 Å². The third-order valence-corrected chi connectivity index (χ3v) is 11.6. The number of azide groups is 1. The highest BCUT2D eigenvalue weighted by atomic mass is 16.2. The van der Waals surface area contributed by atoms with Crippen molar-refractivity contribution in [3.05, 3.63) is 117 Å². The van der Waals surface area contributed by atoms with Crippen molar-refractivity contribution >= 4 is 66.7 Å². The molecular formula is C45H43N5O4. The summed E-state index contributed by atoms with van der Waals surface area (Å²) in [6, 6.07) is 22.4. The molecule has 6 aromatic rings. The van der Waals surface area contributed by atoms with Gasteiger partial charge in [0.1, 0.15) is 0 Å². The van der Waals surface area contributed by atoms with Gasteiger partial charge in [0.2, 0.25) is 0 Å². The van der Waals surface area contributed by atoms with Crippen LogP contribution in [0.4, 0.5) is 0 Å². The molecule has 0 aliphatic carbocycles. The number of imide groups is 2. The fraction of sp³-hybridized carbons (Fsp3) is 0.333. The van der Waals surface area contributed by atoms with E-state index in [1.54, 1.807) is 17.0 Å². The molecular weight excluding hydrogens is 675 g/mol. The highest BCUT2D eigenvalue weighted by molar-refractivity contribution is 6.41. The average Bonchev–Trinajstić information content (AvgIpc) is 3.19. The molecule has 0 unspecified atom stereocenters. The Bertz CT molecular complexity index is 2400. The van der Waals surface area contributed by atoms with Crippen molar-refractivity contribution in [3.8, 4) is 0 Å². The van der Waals surface area contributed by atoms with Crippen LogP contribution in [-0.2, 0) is 13.1 Å². The first-order valence-corrected chi connectivity index (χ1v) is 19.4. The Morgan fingerprint density at radius 1 is 0.537 bits per heavy atom. The lowest BCUT2D eigenvalue weighted by atomic mass is 9.82. The predicted molar refractivity (Wildman–Crippen MR) is 213 cm³/mol. The van der Waals surface area contributed by atoms with Gasteiger partial charge < -0.3 is 0 Å². The second-order valence-electron chi connectivity index (χ2n) is 14.9. The van der Waals surface area contributed by atoms with E-state index in [-0.39, 0.29) is 42.8 Å². The fourth-order valence-corrected chi connectivity index (χ4v) is 8.87. The molecule has 0 saturated carbocycles. The number of amides is 4. The summed E-state index contributed by atoms with van der Waals surface area (Å²) in [7, 11) is 0. The van der Waals surface area contributed by atoms with Gasteiger partial charge in [-0.05, 0) is 86.1 Å². The summed E-state index contributed by atoms with van der Waals surface area (Å²) in [6.07, 6.45) is 10.4. The number of hydrogen-bond donors (Lipinski definition) is 0. The number of carbonyl (C=O) groups excluding carboxylic acids is 4. The van der Waals surface area contributed by atoms with Gasteiger partial charge in [0.05, 0.1) is 13.1 Å². The van der Waals surface area contributed by atoms with Crippen LogP contribution in [0.3, 0.4) is 0 Å². The van der Waals surface area contributed by atoms with Crippen molar-refractivity contribution in [2.24, 2.45) is 5.11 Å². The van der Waals surface area contributed by atoms with Crippen LogP contribution in [0.15, 0.2) is 77.9 Å². The lowest BCUT2D eigenvalue weighted by molar-refractivity contribution is 0.0514. The van der Waals surface area contributed by atoms with Crippen LogP contribution >= 0.6 is 0 Å². The lowest BCUT2D eigenvalue weighted by Gasteiger charge is -2.35. The monoisotopic (exact) mass is 717 g/mol. The topological polar surface area (TPSA) is 124 Å². The summed E-state index contributed by atoms with van der Waals surface area (Å²) in [5, 5.41) is 10.1. The van der Waals surface area contributed by atoms with Gasteiger partial charge in [-0.15, -0.1) is 0 Å². The van der Waals surface area contributed by atoms with Gasteiger partial charge in [0.15, 0.2) is 0 Å². The zero-order chi connectivity index (χ0) is 37.5. The minimum absolute atomic E-state index is 0.106. The number of hydrogen-bond acceptors (Lipinski definition) is 5. The van der Waals surface area contributed by atoms with Gasteiger partial charge >= 0.3 is 0 Å². The van der Waals surface area contributed by atoms with E-state index in [1.165, 1.54) is 4.90 Å². The van der Waals surface area contributed by atoms with E-state index in [2.05, 4.69) is 23.9 Å². The van der Waals surface area contributed by atoms with E-state index in [1.807, 2.05) is 60.7 Å². The second-order valence-corrected chi connectivity index (χ2v) is 14.9. The number of carbonyl (C=O) groups is 4. The van der Waals surface area contributed by atoms with E-state index >= 15 is 0 Å². The van der Waals surface area contributed by atoms with Gasteiger partial charge in [-0.25, -0.2) is 0 Å². The molecule has 2 heterocycles. The Labute approximate surface area is 313 Å². The molecule has 0 N–H and O–H groups in total. The van der Waals surface area contributed by atoms with E-state index in [0.29, 0.717) is 33.0 Å². The van der Waals surface area contributed by atoms with Crippen molar-refractivity contribution in [2.45, 2.75) is 97.2 Å². The van der Waals surface area contributed by atoms with Gasteiger partial charge in [0.25, 0.3) is 23.6 Å². The summed E-state index contributed by atoms with van der Waals surface area (Å²) in [5.41, 5.74) is 12.3. The van der Waals surface area contributed by atoms with Crippen molar-refractivity contribution < 1.29 is 19.2 Å². The quantitative estimate of drug-likeness (QED) is 0.0199. The number of unbranched alkanes of at least 4 members (excludes halogenated alkanes) is 6. The minimum Gasteiger partial charge on any atom is -0.271 e. The van der Waals surface area contributed by atoms with Crippen molar-refractivity contribution in [3.63, 3.8) is 0 Å². The molecule has 8 rings (SSSR count). The largest absolute Gasteiger partial charge is 0.271 e. The summed E-state index contributed by atoms with van der Waals surface area (Å²) in [6.45, 7) is 4.71. The summed E-state index contributed by atoms with van der Waals surface area (Å²) in [5.74, 6) is -1.16. The first kappa shape index (κ1) is 35.3. The van der Waals surface area contributed by atoms with Crippen molar-refractivity contribution in [1.82, 2.24) is 9.80 Å². The lowest BCUT2D eigenvalue weighted by Crippen LogP contribution is -2.47. The zero-order valence-electron chi connectivity index (χ0n) is 30.9. The highest BCUT2D eigenvalue weighted by Crippen LogP contribution is 2.46. The minimum atomic E-state index is -0.361. The van der Waals surface area contributed by atoms with Crippen LogP contribution in [0.5, 0.6) is 0 Å². The van der Waals surface area contributed by atoms with Crippen LogP contribution in [0, 0.1) is 0 Å². The van der Waals surface area contributed by atoms with E-state index < -0.39 is 0 Å². The normalized spacial score (nSPS) is 14.1. The molecule has 6 aromatic carbocycles. The molecule has 272 valence electrons. The Balaban J connectivity index is 1.20. The van der Waals surface area contributed by atoms with Crippen molar-refractivity contribution in [2.75, 3.05) is 0 Å². The van der Waals surface area contributed by atoms with Crippen LogP contribution < -0.4 is 0 Å². The molecule has 9 heteroatoms. The van der Waals surface area contributed by atoms with Crippen LogP contribution in [0.25, 0.3) is 53.5 Å². The first-order chi connectivity index (χ1) is 26.4. The van der Waals surface area contributed by atoms with Crippen LogP contribution in [0.1, 0.15) is 131 Å². The predicted octanol–water partition coefficient (Wildman–Crippen LogP) is 11.2. The standard InChI is InChI=1S/C45H43N5O4/c1-3-5-7-9-11-29(12-10-8-6-4-2)50-44(53)36-23-19-32-30-17-21-34-40-35(22-18-31(38(30)40)33-20-24-37(45(50)54)41(36)39(32)33)43(52)49(42(34)51)26-28-15-13-27(14-16-28)25-47-48-46/h13-24,29H,3-12,25-26H2,1-2H3. The molecule has 2 aliphatic rings. The van der Waals surface area contributed by atoms with Crippen LogP contribution in [0.2, 0.25) is 0 Å². The number of benzene rings is 6. The Morgan fingerprint density at radius 2 is 0.963 bits per heavy atom. The smallest absolute Gasteiger partial charge is 0.261 e. The molecule has 0 radical (unpaired) electrons. The first-order valence-electron chi connectivity index (χ1n) is 19.4. The van der Waals surface area contributed by atoms with Crippen LogP contribution in [-0.4, -0.2) is 39.5 Å².